The van der Waals surface area contributed by atoms with Crippen LogP contribution in [-0.2, 0) is 6.54 Å². The summed E-state index contributed by atoms with van der Waals surface area (Å²) < 4.78 is 1.77. The maximum atomic E-state index is 11.7. The van der Waals surface area contributed by atoms with Crippen LogP contribution in [0.25, 0.3) is 0 Å². The lowest BCUT2D eigenvalue weighted by atomic mass is 9.78. The van der Waals surface area contributed by atoms with E-state index in [0.717, 1.165) is 44.4 Å². The molecule has 0 radical (unpaired) electrons. The van der Waals surface area contributed by atoms with Crippen molar-refractivity contribution in [3.8, 4) is 0 Å². The van der Waals surface area contributed by atoms with Crippen LogP contribution in [0.5, 0.6) is 0 Å². The number of unbranched alkanes of at least 4 members (excludes halogenated alkanes) is 1. The molecule has 0 atom stereocenters. The van der Waals surface area contributed by atoms with Gasteiger partial charge in [-0.15, -0.1) is 0 Å². The van der Waals surface area contributed by atoms with Crippen LogP contribution < -0.4 is 16.2 Å². The van der Waals surface area contributed by atoms with Crippen molar-refractivity contribution in [3.05, 3.63) is 34.7 Å². The molecule has 1 saturated carbocycles. The van der Waals surface area contributed by atoms with Gasteiger partial charge >= 0.3 is 0 Å². The van der Waals surface area contributed by atoms with Gasteiger partial charge in [-0.1, -0.05) is 32.8 Å². The Hall–Kier alpha value is -1.78. The topological polar surface area (TPSA) is 58.4 Å². The molecule has 1 heterocycles. The van der Waals surface area contributed by atoms with Crippen molar-refractivity contribution < 1.29 is 0 Å². The molecule has 0 saturated heterocycles. The molecule has 146 valence electrons. The van der Waals surface area contributed by atoms with Gasteiger partial charge in [0.05, 0.1) is 0 Å². The number of rotatable bonds is 9. The first-order valence-electron chi connectivity index (χ1n) is 10.1. The number of nitrogens with zero attached hydrogens (tertiary/aromatic N) is 2. The Morgan fingerprint density at radius 3 is 2.65 bits per heavy atom. The van der Waals surface area contributed by atoms with Gasteiger partial charge < -0.3 is 15.2 Å². The number of aryl methyl sites for hydroxylation is 1. The minimum atomic E-state index is 0.0740. The smallest absolute Gasteiger partial charge is 0.250 e. The zero-order valence-electron chi connectivity index (χ0n) is 16.8. The highest BCUT2D eigenvalue weighted by Gasteiger charge is 2.34. The monoisotopic (exact) mass is 360 g/mol. The molecule has 0 aliphatic heterocycles. The molecule has 0 spiro atoms. The van der Waals surface area contributed by atoms with E-state index in [9.17, 15) is 4.79 Å². The molecule has 1 aromatic heterocycles. The van der Waals surface area contributed by atoms with Crippen molar-refractivity contribution in [1.82, 2.24) is 15.2 Å². The molecule has 1 fully saturated rings. The first-order chi connectivity index (χ1) is 12.5. The highest BCUT2D eigenvalue weighted by Crippen LogP contribution is 2.42. The van der Waals surface area contributed by atoms with Gasteiger partial charge in [-0.25, -0.2) is 0 Å². The van der Waals surface area contributed by atoms with Crippen LogP contribution in [0.2, 0.25) is 0 Å². The van der Waals surface area contributed by atoms with E-state index in [2.05, 4.69) is 29.5 Å². The molecule has 1 aliphatic carbocycles. The highest BCUT2D eigenvalue weighted by molar-refractivity contribution is 5.79. The number of nitrogens with one attached hydrogen (secondary N) is 2. The molecular formula is C21H36N4O. The second-order valence-corrected chi connectivity index (χ2v) is 8.10. The molecule has 0 unspecified atom stereocenters. The maximum Gasteiger partial charge on any atom is 0.250 e. The van der Waals surface area contributed by atoms with E-state index in [4.69, 9.17) is 0 Å². The lowest BCUT2D eigenvalue weighted by Crippen LogP contribution is -2.43. The van der Waals surface area contributed by atoms with Gasteiger partial charge in [-0.05, 0) is 49.5 Å². The standard InChI is InChI=1S/C21H36N4O/c1-18(2)16-21(11-5-6-12-21)17-24-20(22-3)23-13-7-9-15-25-14-8-4-10-19(25)26/h4,8,10,14,18H,5-7,9,11-13,15-17H2,1-3H3,(H2,22,23,24). The summed E-state index contributed by atoms with van der Waals surface area (Å²) in [6.45, 7) is 7.31. The second-order valence-electron chi connectivity index (χ2n) is 8.10. The number of pyridine rings is 1. The molecule has 0 aromatic carbocycles. The van der Waals surface area contributed by atoms with Gasteiger partial charge in [0, 0.05) is 38.9 Å². The van der Waals surface area contributed by atoms with Crippen molar-refractivity contribution >= 4 is 5.96 Å². The van der Waals surface area contributed by atoms with Crippen LogP contribution in [0.15, 0.2) is 34.2 Å². The van der Waals surface area contributed by atoms with E-state index in [0.29, 0.717) is 5.41 Å². The van der Waals surface area contributed by atoms with Gasteiger partial charge in [0.15, 0.2) is 5.96 Å². The first-order valence-corrected chi connectivity index (χ1v) is 10.1. The van der Waals surface area contributed by atoms with Gasteiger partial charge in [-0.3, -0.25) is 9.79 Å². The molecule has 1 aromatic rings. The highest BCUT2D eigenvalue weighted by atomic mass is 16.1. The predicted octanol–water partition coefficient (Wildman–Crippen LogP) is 3.40. The summed E-state index contributed by atoms with van der Waals surface area (Å²) in [5, 5.41) is 6.98. The van der Waals surface area contributed by atoms with Crippen LogP contribution in [0, 0.1) is 11.3 Å². The lowest BCUT2D eigenvalue weighted by molar-refractivity contribution is 0.235. The molecule has 5 heteroatoms. The minimum Gasteiger partial charge on any atom is -0.356 e. The third kappa shape index (κ3) is 6.50. The Morgan fingerprint density at radius 2 is 2.00 bits per heavy atom. The SMILES string of the molecule is CN=C(NCCCCn1ccccc1=O)NCC1(CC(C)C)CCCC1. The number of aliphatic imine (C=N–C) groups is 1. The van der Waals surface area contributed by atoms with Crippen LogP contribution in [-0.4, -0.2) is 30.7 Å². The fourth-order valence-corrected chi connectivity index (χ4v) is 4.20. The Morgan fingerprint density at radius 1 is 1.23 bits per heavy atom. The average molecular weight is 361 g/mol. The quantitative estimate of drug-likeness (QED) is 0.403. The molecule has 2 N–H and O–H groups in total. The van der Waals surface area contributed by atoms with E-state index in [-0.39, 0.29) is 5.56 Å². The fraction of sp³-hybridized carbons (Fsp3) is 0.714. The molecular weight excluding hydrogens is 324 g/mol. The summed E-state index contributed by atoms with van der Waals surface area (Å²) in [5.41, 5.74) is 0.519. The summed E-state index contributed by atoms with van der Waals surface area (Å²) in [4.78, 5) is 16.0. The zero-order chi connectivity index (χ0) is 18.8. The normalized spacial score (nSPS) is 16.8. The van der Waals surface area contributed by atoms with Crippen molar-refractivity contribution in [2.75, 3.05) is 20.1 Å². The summed E-state index contributed by atoms with van der Waals surface area (Å²) in [6.07, 6.45) is 10.5. The number of aromatic nitrogens is 1. The van der Waals surface area contributed by atoms with Gasteiger partial charge in [-0.2, -0.15) is 0 Å². The lowest BCUT2D eigenvalue weighted by Gasteiger charge is -2.32. The van der Waals surface area contributed by atoms with Crippen LogP contribution in [0.3, 0.4) is 0 Å². The molecule has 0 amide bonds. The van der Waals surface area contributed by atoms with E-state index < -0.39 is 0 Å². The van der Waals surface area contributed by atoms with Gasteiger partial charge in [0.25, 0.3) is 0 Å². The van der Waals surface area contributed by atoms with E-state index in [1.807, 2.05) is 19.3 Å². The fourth-order valence-electron chi connectivity index (χ4n) is 4.20. The summed E-state index contributed by atoms with van der Waals surface area (Å²) in [6, 6.07) is 5.30. The van der Waals surface area contributed by atoms with Crippen LogP contribution in [0.1, 0.15) is 58.8 Å². The summed E-state index contributed by atoms with van der Waals surface area (Å²) in [7, 11) is 1.84. The van der Waals surface area contributed by atoms with Crippen LogP contribution in [0.4, 0.5) is 0 Å². The summed E-state index contributed by atoms with van der Waals surface area (Å²) in [5.74, 6) is 1.64. The number of guanidine groups is 1. The largest absolute Gasteiger partial charge is 0.356 e. The molecule has 5 nitrogen and oxygen atoms in total. The summed E-state index contributed by atoms with van der Waals surface area (Å²) >= 11 is 0. The van der Waals surface area contributed by atoms with E-state index in [1.165, 1.54) is 32.1 Å². The first kappa shape index (κ1) is 20.5. The molecule has 0 bridgehead atoms. The maximum absolute atomic E-state index is 11.7. The third-order valence-electron chi connectivity index (χ3n) is 5.38. The van der Waals surface area contributed by atoms with E-state index in [1.54, 1.807) is 16.7 Å². The van der Waals surface area contributed by atoms with Gasteiger partial charge in [0.2, 0.25) is 5.56 Å². The number of hydrogen-bond donors (Lipinski definition) is 2. The molecule has 26 heavy (non-hydrogen) atoms. The predicted molar refractivity (Wildman–Crippen MR) is 110 cm³/mol. The molecule has 2 rings (SSSR count). The Kier molecular flexibility index (Phi) is 8.20. The Bertz CT molecular complexity index is 614. The Balaban J connectivity index is 1.69. The van der Waals surface area contributed by atoms with Crippen molar-refractivity contribution in [2.24, 2.45) is 16.3 Å². The Labute approximate surface area is 158 Å². The average Bonchev–Trinajstić information content (AvgIpc) is 3.06. The van der Waals surface area contributed by atoms with E-state index >= 15 is 0 Å². The second kappa shape index (κ2) is 10.4. The van der Waals surface area contributed by atoms with Crippen molar-refractivity contribution in [1.29, 1.82) is 0 Å². The zero-order valence-corrected chi connectivity index (χ0v) is 16.8. The minimum absolute atomic E-state index is 0.0740. The third-order valence-corrected chi connectivity index (χ3v) is 5.38. The van der Waals surface area contributed by atoms with Crippen LogP contribution >= 0.6 is 0 Å². The van der Waals surface area contributed by atoms with Crippen molar-refractivity contribution in [3.63, 3.8) is 0 Å². The number of hydrogen-bond acceptors (Lipinski definition) is 2. The van der Waals surface area contributed by atoms with Crippen molar-refractivity contribution in [2.45, 2.75) is 65.3 Å². The molecule has 1 aliphatic rings. The van der Waals surface area contributed by atoms with Gasteiger partial charge in [0.1, 0.15) is 0 Å².